The Kier molecular flexibility index (Phi) is 4.74. The quantitative estimate of drug-likeness (QED) is 0.482. The van der Waals surface area contributed by atoms with E-state index in [2.05, 4.69) is 28.9 Å². The molecule has 0 aliphatic carbocycles. The van der Waals surface area contributed by atoms with Gasteiger partial charge in [0.05, 0.1) is 24.3 Å². The third kappa shape index (κ3) is 3.12. The van der Waals surface area contributed by atoms with Crippen molar-refractivity contribution in [3.05, 3.63) is 78.0 Å². The number of hydrogen-bond donors (Lipinski definition) is 1. The number of fused-ring (bicyclic) bond motifs is 1. The van der Waals surface area contributed by atoms with Crippen molar-refractivity contribution >= 4 is 27.5 Å². The molecule has 3 unspecified atom stereocenters. The summed E-state index contributed by atoms with van der Waals surface area (Å²) in [5.74, 6) is 0.791. The first-order chi connectivity index (χ1) is 15.7. The molecule has 0 bridgehead atoms. The summed E-state index contributed by atoms with van der Waals surface area (Å²) in [5, 5.41) is 6.58. The van der Waals surface area contributed by atoms with Crippen molar-refractivity contribution in [3.63, 3.8) is 0 Å². The number of ether oxygens (including phenoxy) is 2. The monoisotopic (exact) mass is 426 g/mol. The van der Waals surface area contributed by atoms with E-state index < -0.39 is 6.10 Å². The number of morpholine rings is 1. The van der Waals surface area contributed by atoms with Crippen LogP contribution in [0.25, 0.3) is 21.7 Å². The molecule has 32 heavy (non-hydrogen) atoms. The molecule has 0 spiro atoms. The summed E-state index contributed by atoms with van der Waals surface area (Å²) >= 11 is 0. The third-order valence-corrected chi connectivity index (χ3v) is 6.77. The summed E-state index contributed by atoms with van der Waals surface area (Å²) in [7, 11) is 0. The van der Waals surface area contributed by atoms with Crippen LogP contribution in [0.5, 0.6) is 5.75 Å². The van der Waals surface area contributed by atoms with Gasteiger partial charge in [0.1, 0.15) is 5.75 Å². The fourth-order valence-electron chi connectivity index (χ4n) is 5.35. The van der Waals surface area contributed by atoms with E-state index in [-0.39, 0.29) is 17.9 Å². The van der Waals surface area contributed by atoms with E-state index in [4.69, 9.17) is 9.47 Å². The second-order valence-corrected chi connectivity index (χ2v) is 8.78. The van der Waals surface area contributed by atoms with E-state index in [0.717, 1.165) is 46.2 Å². The molecule has 2 aliphatic rings. The van der Waals surface area contributed by atoms with Gasteiger partial charge in [-0.2, -0.15) is 0 Å². The van der Waals surface area contributed by atoms with Gasteiger partial charge in [0.25, 0.3) is 0 Å². The number of carbonyl (C=O) groups is 1. The Balaban J connectivity index is 1.47. The second-order valence-electron chi connectivity index (χ2n) is 8.78. The number of carbonyl (C=O) groups excluding carboxylic acids is 1. The van der Waals surface area contributed by atoms with Crippen LogP contribution in [-0.2, 0) is 4.74 Å². The molecule has 162 valence electrons. The van der Waals surface area contributed by atoms with Gasteiger partial charge in [0.15, 0.2) is 6.10 Å². The van der Waals surface area contributed by atoms with E-state index in [0.29, 0.717) is 18.6 Å². The summed E-state index contributed by atoms with van der Waals surface area (Å²) < 4.78 is 14.8. The van der Waals surface area contributed by atoms with Crippen molar-refractivity contribution in [1.29, 1.82) is 0 Å². The molecule has 0 radical (unpaired) electrons. The summed E-state index contributed by atoms with van der Waals surface area (Å²) in [6.45, 7) is 4.46. The van der Waals surface area contributed by atoms with Crippen LogP contribution in [0.1, 0.15) is 28.5 Å². The molecule has 5 nitrogen and oxygen atoms in total. The molecule has 5 heteroatoms. The largest absolute Gasteiger partial charge is 0.478 e. The highest BCUT2D eigenvalue weighted by molar-refractivity contribution is 6.10. The average molecular weight is 427 g/mol. The smallest absolute Gasteiger partial charge is 0.206 e. The Hall–Kier alpha value is -3.15. The van der Waals surface area contributed by atoms with E-state index in [1.54, 1.807) is 0 Å². The van der Waals surface area contributed by atoms with Crippen molar-refractivity contribution in [2.24, 2.45) is 0 Å². The lowest BCUT2D eigenvalue weighted by Gasteiger charge is -2.37. The van der Waals surface area contributed by atoms with E-state index in [9.17, 15) is 4.79 Å². The van der Waals surface area contributed by atoms with Crippen molar-refractivity contribution in [2.45, 2.75) is 31.6 Å². The van der Waals surface area contributed by atoms with Gasteiger partial charge in [0, 0.05) is 29.7 Å². The molecule has 1 aromatic heterocycles. The minimum absolute atomic E-state index is 0.0197. The maximum Gasteiger partial charge on any atom is 0.206 e. The van der Waals surface area contributed by atoms with Gasteiger partial charge < -0.3 is 19.4 Å². The first kappa shape index (κ1) is 19.5. The van der Waals surface area contributed by atoms with Gasteiger partial charge in [-0.25, -0.2) is 0 Å². The molecule has 6 rings (SSSR count). The van der Waals surface area contributed by atoms with E-state index >= 15 is 0 Å². The van der Waals surface area contributed by atoms with Crippen LogP contribution < -0.4 is 10.1 Å². The number of ketones is 1. The molecule has 0 amide bonds. The highest BCUT2D eigenvalue weighted by atomic mass is 16.5. The first-order valence-electron chi connectivity index (χ1n) is 11.3. The van der Waals surface area contributed by atoms with Gasteiger partial charge in [-0.15, -0.1) is 0 Å². The van der Waals surface area contributed by atoms with Gasteiger partial charge in [-0.05, 0) is 36.2 Å². The Labute approximate surface area is 186 Å². The summed E-state index contributed by atoms with van der Waals surface area (Å²) in [5.41, 5.74) is 2.92. The third-order valence-electron chi connectivity index (χ3n) is 6.77. The predicted molar refractivity (Wildman–Crippen MR) is 126 cm³/mol. The van der Waals surface area contributed by atoms with Crippen molar-refractivity contribution in [3.8, 4) is 5.75 Å². The van der Waals surface area contributed by atoms with Crippen molar-refractivity contribution in [1.82, 2.24) is 9.88 Å². The molecule has 3 heterocycles. The highest BCUT2D eigenvalue weighted by Crippen LogP contribution is 2.41. The lowest BCUT2D eigenvalue weighted by Crippen LogP contribution is -2.45. The molecule has 1 saturated heterocycles. The number of nitrogens with one attached hydrogen (secondary N) is 1. The number of aryl methyl sites for hydroxylation is 1. The number of hydrogen-bond acceptors (Lipinski definition) is 4. The maximum absolute atomic E-state index is 14.0. The Morgan fingerprint density at radius 3 is 2.75 bits per heavy atom. The summed E-state index contributed by atoms with van der Waals surface area (Å²) in [4.78, 5) is 14.0. The summed E-state index contributed by atoms with van der Waals surface area (Å²) in [6.07, 6.45) is 0.144. The molecule has 1 fully saturated rings. The maximum atomic E-state index is 14.0. The van der Waals surface area contributed by atoms with Crippen LogP contribution in [0.2, 0.25) is 0 Å². The van der Waals surface area contributed by atoms with Gasteiger partial charge in [-0.1, -0.05) is 54.6 Å². The Morgan fingerprint density at radius 1 is 1.06 bits per heavy atom. The topological polar surface area (TPSA) is 52.5 Å². The van der Waals surface area contributed by atoms with Crippen molar-refractivity contribution < 1.29 is 14.3 Å². The van der Waals surface area contributed by atoms with Crippen LogP contribution in [0.4, 0.5) is 0 Å². The van der Waals surface area contributed by atoms with Gasteiger partial charge in [-0.3, -0.25) is 4.79 Å². The lowest BCUT2D eigenvalue weighted by molar-refractivity contribution is 0.000612. The first-order valence-corrected chi connectivity index (χ1v) is 11.3. The number of nitrogens with zero attached hydrogens (tertiary/aromatic N) is 1. The minimum Gasteiger partial charge on any atom is -0.478 e. The lowest BCUT2D eigenvalue weighted by atomic mass is 9.91. The average Bonchev–Trinajstić information content (AvgIpc) is 3.18. The number of aromatic nitrogens is 1. The Morgan fingerprint density at radius 2 is 1.88 bits per heavy atom. The molecular formula is C27H26N2O3. The normalized spacial score (nSPS) is 22.7. The zero-order chi connectivity index (χ0) is 21.7. The van der Waals surface area contributed by atoms with E-state index in [1.807, 2.05) is 54.6 Å². The molecule has 1 N–H and O–H groups in total. The number of Topliss-reactive ketones (excluding diaryl/α,β-unsaturated/α-hetero) is 1. The predicted octanol–water partition coefficient (Wildman–Crippen LogP) is 4.67. The highest BCUT2D eigenvalue weighted by Gasteiger charge is 2.40. The molecule has 3 atom stereocenters. The van der Waals surface area contributed by atoms with Crippen molar-refractivity contribution in [2.75, 3.05) is 19.7 Å². The second kappa shape index (κ2) is 7.76. The standard InChI is InChI=1S/C27H26N2O3/c1-17-14-19-8-5-11-24-25(19)29(17)23(15-20-16-28-12-13-31-20)27(32-24)26(30)22-10-4-7-18-6-2-3-9-21(18)22/h2-11,14,20,23,27-28H,12-13,15-16H2,1H3. The SMILES string of the molecule is Cc1cc2cccc3c2n1C(CC1CNCCO1)C(C(=O)c1cccc2ccccc12)O3. The Bertz CT molecular complexity index is 1310. The molecule has 2 aliphatic heterocycles. The van der Waals surface area contributed by atoms with Crippen LogP contribution >= 0.6 is 0 Å². The minimum atomic E-state index is -0.615. The fourth-order valence-corrected chi connectivity index (χ4v) is 5.35. The van der Waals surface area contributed by atoms with Gasteiger partial charge >= 0.3 is 0 Å². The fraction of sp³-hybridized carbons (Fsp3) is 0.296. The molecular weight excluding hydrogens is 400 g/mol. The number of benzene rings is 3. The molecule has 4 aromatic rings. The molecule has 0 saturated carbocycles. The van der Waals surface area contributed by atoms with Crippen LogP contribution in [0, 0.1) is 6.92 Å². The number of rotatable bonds is 4. The van der Waals surface area contributed by atoms with E-state index in [1.165, 1.54) is 0 Å². The molecule has 3 aromatic carbocycles. The van der Waals surface area contributed by atoms with Crippen LogP contribution in [0.15, 0.2) is 66.7 Å². The van der Waals surface area contributed by atoms with Crippen LogP contribution in [-0.4, -0.2) is 42.3 Å². The van der Waals surface area contributed by atoms with Crippen LogP contribution in [0.3, 0.4) is 0 Å². The van der Waals surface area contributed by atoms with Gasteiger partial charge in [0.2, 0.25) is 5.78 Å². The summed E-state index contributed by atoms with van der Waals surface area (Å²) in [6, 6.07) is 22.1. The number of para-hydroxylation sites is 1. The zero-order valence-corrected chi connectivity index (χ0v) is 18.1. The zero-order valence-electron chi connectivity index (χ0n) is 18.1.